The summed E-state index contributed by atoms with van der Waals surface area (Å²) in [6.07, 6.45) is 4.98. The van der Waals surface area contributed by atoms with Crippen LogP contribution in [0.3, 0.4) is 0 Å². The van der Waals surface area contributed by atoms with E-state index in [-0.39, 0.29) is 0 Å². The predicted octanol–water partition coefficient (Wildman–Crippen LogP) is 2.68. The number of rotatable bonds is 3. The van der Waals surface area contributed by atoms with Crippen LogP contribution in [0.2, 0.25) is 0 Å². The highest BCUT2D eigenvalue weighted by Crippen LogP contribution is 2.16. The Balaban J connectivity index is 3.06. The lowest BCUT2D eigenvalue weighted by molar-refractivity contribution is 0.602. The molecule has 0 atom stereocenters. The van der Waals surface area contributed by atoms with E-state index in [4.69, 9.17) is 0 Å². The first-order valence-corrected chi connectivity index (χ1v) is 6.46. The Bertz CT molecular complexity index is 479. The van der Waals surface area contributed by atoms with E-state index < -0.39 is 9.84 Å². The summed E-state index contributed by atoms with van der Waals surface area (Å²) in [4.78, 5) is 0.333. The van der Waals surface area contributed by atoms with Gasteiger partial charge in [0.15, 0.2) is 9.84 Å². The van der Waals surface area contributed by atoms with Crippen molar-refractivity contribution in [2.45, 2.75) is 11.8 Å². The molecule has 1 rings (SSSR count). The van der Waals surface area contributed by atoms with Crippen LogP contribution in [0.15, 0.2) is 47.9 Å². The van der Waals surface area contributed by atoms with E-state index in [9.17, 15) is 8.42 Å². The minimum absolute atomic E-state index is 0.333. The second-order valence-electron chi connectivity index (χ2n) is 3.32. The summed E-state index contributed by atoms with van der Waals surface area (Å²) in [6, 6.07) is 6.72. The molecule has 0 aromatic heterocycles. The monoisotopic (exact) mass is 222 g/mol. The summed E-state index contributed by atoms with van der Waals surface area (Å²) >= 11 is 0. The van der Waals surface area contributed by atoms with Crippen LogP contribution in [-0.4, -0.2) is 14.7 Å². The standard InChI is InChI=1S/C12H14O2S/c1-4-5-10(2)11-6-8-12(9-7-11)15(3,13)14/h4-9H,2H2,1,3H3/b5-4-. The van der Waals surface area contributed by atoms with Crippen LogP contribution < -0.4 is 0 Å². The zero-order valence-corrected chi connectivity index (χ0v) is 9.71. The fourth-order valence-electron chi connectivity index (χ4n) is 1.21. The van der Waals surface area contributed by atoms with Crippen LogP contribution >= 0.6 is 0 Å². The molecule has 0 spiro atoms. The van der Waals surface area contributed by atoms with E-state index in [1.165, 1.54) is 6.26 Å². The molecular weight excluding hydrogens is 208 g/mol. The van der Waals surface area contributed by atoms with E-state index in [0.717, 1.165) is 11.1 Å². The van der Waals surface area contributed by atoms with Gasteiger partial charge in [-0.05, 0) is 30.2 Å². The Kier molecular flexibility index (Phi) is 3.48. The largest absolute Gasteiger partial charge is 0.224 e. The van der Waals surface area contributed by atoms with Crippen LogP contribution in [0.1, 0.15) is 12.5 Å². The van der Waals surface area contributed by atoms with E-state index in [0.29, 0.717) is 4.90 Å². The maximum atomic E-state index is 11.2. The van der Waals surface area contributed by atoms with Crippen LogP contribution in [0, 0.1) is 0 Å². The van der Waals surface area contributed by atoms with Crippen molar-refractivity contribution >= 4 is 15.4 Å². The molecule has 0 aliphatic carbocycles. The fourth-order valence-corrected chi connectivity index (χ4v) is 1.84. The van der Waals surface area contributed by atoms with Crippen molar-refractivity contribution < 1.29 is 8.42 Å². The Hall–Kier alpha value is -1.35. The first kappa shape index (κ1) is 11.7. The lowest BCUT2D eigenvalue weighted by atomic mass is 10.1. The van der Waals surface area contributed by atoms with Gasteiger partial charge in [0.1, 0.15) is 0 Å². The first-order chi connectivity index (χ1) is 6.95. The third-order valence-electron chi connectivity index (χ3n) is 2.02. The molecule has 1 aromatic carbocycles. The number of hydrogen-bond acceptors (Lipinski definition) is 2. The smallest absolute Gasteiger partial charge is 0.175 e. The molecule has 0 amide bonds. The van der Waals surface area contributed by atoms with Gasteiger partial charge in [0.05, 0.1) is 4.90 Å². The van der Waals surface area contributed by atoms with Gasteiger partial charge in [0.2, 0.25) is 0 Å². The zero-order chi connectivity index (χ0) is 11.5. The van der Waals surface area contributed by atoms with Gasteiger partial charge in [-0.3, -0.25) is 0 Å². The predicted molar refractivity (Wildman–Crippen MR) is 63.4 cm³/mol. The van der Waals surface area contributed by atoms with Crippen LogP contribution in [0.5, 0.6) is 0 Å². The summed E-state index contributed by atoms with van der Waals surface area (Å²) < 4.78 is 22.4. The SMILES string of the molecule is C=C(/C=C\C)c1ccc(S(C)(=O)=O)cc1. The maximum absolute atomic E-state index is 11.2. The molecule has 3 heteroatoms. The van der Waals surface area contributed by atoms with Crippen molar-refractivity contribution in [1.82, 2.24) is 0 Å². The van der Waals surface area contributed by atoms with Gasteiger partial charge >= 0.3 is 0 Å². The molecular formula is C12H14O2S. The molecule has 0 radical (unpaired) electrons. The van der Waals surface area contributed by atoms with Crippen LogP contribution in [0.4, 0.5) is 0 Å². The maximum Gasteiger partial charge on any atom is 0.175 e. The zero-order valence-electron chi connectivity index (χ0n) is 8.90. The lowest BCUT2D eigenvalue weighted by Crippen LogP contribution is -1.96. The molecule has 1 aromatic rings. The second-order valence-corrected chi connectivity index (χ2v) is 5.34. The third-order valence-corrected chi connectivity index (χ3v) is 3.15. The van der Waals surface area contributed by atoms with Gasteiger partial charge in [-0.2, -0.15) is 0 Å². The average molecular weight is 222 g/mol. The topological polar surface area (TPSA) is 34.1 Å². The highest BCUT2D eigenvalue weighted by molar-refractivity contribution is 7.90. The number of allylic oxidation sites excluding steroid dienone is 3. The van der Waals surface area contributed by atoms with Gasteiger partial charge in [-0.25, -0.2) is 8.42 Å². The number of hydrogen-bond donors (Lipinski definition) is 0. The van der Waals surface area contributed by atoms with Crippen molar-refractivity contribution in [3.63, 3.8) is 0 Å². The minimum atomic E-state index is -3.11. The summed E-state index contributed by atoms with van der Waals surface area (Å²) in [5.74, 6) is 0. The quantitative estimate of drug-likeness (QED) is 0.737. The summed E-state index contributed by atoms with van der Waals surface area (Å²) in [7, 11) is -3.11. The van der Waals surface area contributed by atoms with Crippen LogP contribution in [0.25, 0.3) is 5.57 Å². The van der Waals surface area contributed by atoms with Crippen molar-refractivity contribution in [3.05, 3.63) is 48.6 Å². The Morgan fingerprint density at radius 3 is 2.20 bits per heavy atom. The number of sulfone groups is 1. The normalized spacial score (nSPS) is 11.9. The molecule has 0 aliphatic heterocycles. The molecule has 0 heterocycles. The summed E-state index contributed by atoms with van der Waals surface area (Å²) in [5.41, 5.74) is 1.80. The molecule has 0 saturated heterocycles. The second kappa shape index (κ2) is 4.45. The molecule has 0 aliphatic rings. The van der Waals surface area contributed by atoms with Crippen molar-refractivity contribution in [3.8, 4) is 0 Å². The lowest BCUT2D eigenvalue weighted by Gasteiger charge is -2.02. The Morgan fingerprint density at radius 2 is 1.80 bits per heavy atom. The van der Waals surface area contributed by atoms with Crippen molar-refractivity contribution in [2.75, 3.05) is 6.26 Å². The molecule has 80 valence electrons. The first-order valence-electron chi connectivity index (χ1n) is 4.57. The molecule has 0 N–H and O–H groups in total. The summed E-state index contributed by atoms with van der Waals surface area (Å²) in [6.45, 7) is 5.78. The van der Waals surface area contributed by atoms with Crippen molar-refractivity contribution in [1.29, 1.82) is 0 Å². The average Bonchev–Trinajstić information content (AvgIpc) is 2.17. The molecule has 0 bridgehead atoms. The van der Waals surface area contributed by atoms with E-state index in [1.54, 1.807) is 24.3 Å². The minimum Gasteiger partial charge on any atom is -0.224 e. The highest BCUT2D eigenvalue weighted by atomic mass is 32.2. The molecule has 15 heavy (non-hydrogen) atoms. The van der Waals surface area contributed by atoms with Gasteiger partial charge in [0.25, 0.3) is 0 Å². The molecule has 0 saturated carbocycles. The third kappa shape index (κ3) is 3.06. The van der Waals surface area contributed by atoms with Gasteiger partial charge in [-0.1, -0.05) is 30.9 Å². The van der Waals surface area contributed by atoms with Gasteiger partial charge in [-0.15, -0.1) is 0 Å². The molecule has 0 unspecified atom stereocenters. The van der Waals surface area contributed by atoms with E-state index in [2.05, 4.69) is 6.58 Å². The van der Waals surface area contributed by atoms with Gasteiger partial charge in [0, 0.05) is 6.26 Å². The summed E-state index contributed by atoms with van der Waals surface area (Å²) in [5, 5.41) is 0. The van der Waals surface area contributed by atoms with E-state index >= 15 is 0 Å². The van der Waals surface area contributed by atoms with Crippen molar-refractivity contribution in [2.24, 2.45) is 0 Å². The highest BCUT2D eigenvalue weighted by Gasteiger charge is 2.06. The van der Waals surface area contributed by atoms with E-state index in [1.807, 2.05) is 19.1 Å². The Labute approximate surface area is 90.9 Å². The molecule has 0 fully saturated rings. The Morgan fingerprint density at radius 1 is 1.27 bits per heavy atom. The van der Waals surface area contributed by atoms with Crippen LogP contribution in [-0.2, 0) is 9.84 Å². The number of benzene rings is 1. The fraction of sp³-hybridized carbons (Fsp3) is 0.167. The molecule has 2 nitrogen and oxygen atoms in total. The van der Waals surface area contributed by atoms with Gasteiger partial charge < -0.3 is 0 Å².